The summed E-state index contributed by atoms with van der Waals surface area (Å²) in [4.78, 5) is 16.3. The average Bonchev–Trinajstić information content (AvgIpc) is 3.20. The Morgan fingerprint density at radius 2 is 1.53 bits per heavy atom. The van der Waals surface area contributed by atoms with E-state index >= 15 is 0 Å². The summed E-state index contributed by atoms with van der Waals surface area (Å²) in [5, 5.41) is 21.7. The topological polar surface area (TPSA) is 83.6 Å². The first-order valence-corrected chi connectivity index (χ1v) is 10.9. The van der Waals surface area contributed by atoms with E-state index in [1.807, 2.05) is 18.2 Å². The molecule has 1 atom stereocenters. The highest BCUT2D eigenvalue weighted by atomic mass is 16.3. The molecule has 0 saturated heterocycles. The standard InChI is InChI=1S/C27H33NO4/c1-25(2,3)21-14-18(15-22(23(21)30)26(4,5)6)24-28-20(16-32-24)12-13-27(31,17-29)19-10-8-7-9-11-19/h7-11,14-17,30-31H,12-13H2,1-6H3. The second kappa shape index (κ2) is 8.55. The van der Waals surface area contributed by atoms with Crippen LogP contribution < -0.4 is 0 Å². The fourth-order valence-corrected chi connectivity index (χ4v) is 3.77. The molecule has 1 aromatic heterocycles. The summed E-state index contributed by atoms with van der Waals surface area (Å²) >= 11 is 0. The van der Waals surface area contributed by atoms with Crippen molar-refractivity contribution in [1.82, 2.24) is 4.98 Å². The second-order valence-corrected chi connectivity index (χ2v) is 10.5. The van der Waals surface area contributed by atoms with Gasteiger partial charge >= 0.3 is 0 Å². The van der Waals surface area contributed by atoms with Crippen LogP contribution in [0.3, 0.4) is 0 Å². The third-order valence-corrected chi connectivity index (χ3v) is 5.76. The van der Waals surface area contributed by atoms with Crippen LogP contribution in [0.5, 0.6) is 5.75 Å². The molecule has 3 aromatic rings. The third-order valence-electron chi connectivity index (χ3n) is 5.76. The number of hydrogen-bond acceptors (Lipinski definition) is 5. The van der Waals surface area contributed by atoms with Crippen molar-refractivity contribution in [2.75, 3.05) is 0 Å². The SMILES string of the molecule is CC(C)(C)c1cc(-c2nc(CCC(O)(C=O)c3ccccc3)co2)cc(C(C)(C)C)c1O. The number of phenols is 1. The molecule has 0 aliphatic rings. The molecule has 1 unspecified atom stereocenters. The van der Waals surface area contributed by atoms with Crippen LogP contribution in [0.15, 0.2) is 53.1 Å². The number of aromatic hydroxyl groups is 1. The largest absolute Gasteiger partial charge is 0.507 e. The third kappa shape index (κ3) is 4.94. The zero-order valence-corrected chi connectivity index (χ0v) is 19.8. The molecule has 3 rings (SSSR count). The highest BCUT2D eigenvalue weighted by Crippen LogP contribution is 2.41. The summed E-state index contributed by atoms with van der Waals surface area (Å²) < 4.78 is 5.77. The predicted molar refractivity (Wildman–Crippen MR) is 126 cm³/mol. The van der Waals surface area contributed by atoms with Crippen LogP contribution in [0.2, 0.25) is 0 Å². The van der Waals surface area contributed by atoms with Crippen molar-refractivity contribution >= 4 is 6.29 Å². The molecule has 32 heavy (non-hydrogen) atoms. The maximum absolute atomic E-state index is 11.7. The van der Waals surface area contributed by atoms with Gasteiger partial charge in [0.15, 0.2) is 6.29 Å². The molecule has 0 fully saturated rings. The van der Waals surface area contributed by atoms with E-state index in [2.05, 4.69) is 46.5 Å². The van der Waals surface area contributed by atoms with Crippen LogP contribution in [0.25, 0.3) is 11.5 Å². The number of aromatic nitrogens is 1. The highest BCUT2D eigenvalue weighted by molar-refractivity contribution is 5.66. The Labute approximate surface area is 190 Å². The van der Waals surface area contributed by atoms with Crippen molar-refractivity contribution in [1.29, 1.82) is 0 Å². The molecule has 0 amide bonds. The summed E-state index contributed by atoms with van der Waals surface area (Å²) in [6.45, 7) is 12.4. The Kier molecular flexibility index (Phi) is 6.34. The molecule has 1 heterocycles. The fourth-order valence-electron chi connectivity index (χ4n) is 3.77. The number of benzene rings is 2. The van der Waals surface area contributed by atoms with Crippen molar-refractivity contribution in [3.8, 4) is 17.2 Å². The number of rotatable bonds is 6. The lowest BCUT2D eigenvalue weighted by molar-refractivity contribution is -0.125. The molecule has 5 nitrogen and oxygen atoms in total. The Balaban J connectivity index is 1.92. The summed E-state index contributed by atoms with van der Waals surface area (Å²) in [7, 11) is 0. The van der Waals surface area contributed by atoms with Crippen molar-refractivity contribution in [2.24, 2.45) is 0 Å². The van der Waals surface area contributed by atoms with E-state index in [4.69, 9.17) is 4.42 Å². The van der Waals surface area contributed by atoms with Crippen molar-refractivity contribution in [3.63, 3.8) is 0 Å². The smallest absolute Gasteiger partial charge is 0.226 e. The van der Waals surface area contributed by atoms with Crippen LogP contribution in [0.1, 0.15) is 70.3 Å². The van der Waals surface area contributed by atoms with Crippen LogP contribution in [-0.2, 0) is 27.6 Å². The maximum Gasteiger partial charge on any atom is 0.226 e. The molecule has 5 heteroatoms. The number of carbonyl (C=O) groups is 1. The number of phenolic OH excluding ortho intramolecular Hbond substituents is 1. The summed E-state index contributed by atoms with van der Waals surface area (Å²) in [6, 6.07) is 12.7. The van der Waals surface area contributed by atoms with E-state index in [0.717, 1.165) is 16.7 Å². The van der Waals surface area contributed by atoms with Crippen molar-refractivity contribution in [3.05, 3.63) is 71.1 Å². The Morgan fingerprint density at radius 3 is 2.03 bits per heavy atom. The van der Waals surface area contributed by atoms with Gasteiger partial charge in [0.05, 0.1) is 5.69 Å². The highest BCUT2D eigenvalue weighted by Gasteiger charge is 2.30. The Bertz CT molecular complexity index is 1050. The minimum Gasteiger partial charge on any atom is -0.507 e. The lowest BCUT2D eigenvalue weighted by Gasteiger charge is -2.27. The Morgan fingerprint density at radius 1 is 0.969 bits per heavy atom. The number of aldehydes is 1. The molecule has 0 aliphatic heterocycles. The summed E-state index contributed by atoms with van der Waals surface area (Å²) in [5.74, 6) is 0.754. The zero-order chi connectivity index (χ0) is 23.7. The molecule has 0 bridgehead atoms. The van der Waals surface area contributed by atoms with Crippen LogP contribution >= 0.6 is 0 Å². The first kappa shape index (κ1) is 23.7. The number of carbonyl (C=O) groups excluding carboxylic acids is 1. The van der Waals surface area contributed by atoms with Gasteiger partial charge in [-0.3, -0.25) is 4.79 Å². The van der Waals surface area contributed by atoms with Crippen molar-refractivity contribution in [2.45, 2.75) is 70.8 Å². The van der Waals surface area contributed by atoms with E-state index in [1.54, 1.807) is 30.5 Å². The number of oxazole rings is 1. The minimum absolute atomic E-state index is 0.197. The first-order chi connectivity index (χ1) is 14.8. The quantitative estimate of drug-likeness (QED) is 0.488. The zero-order valence-electron chi connectivity index (χ0n) is 19.8. The van der Waals surface area contributed by atoms with E-state index in [-0.39, 0.29) is 17.3 Å². The molecule has 0 radical (unpaired) electrons. The lowest BCUT2D eigenvalue weighted by atomic mass is 9.78. The van der Waals surface area contributed by atoms with E-state index < -0.39 is 5.60 Å². The molecule has 0 spiro atoms. The van der Waals surface area contributed by atoms with Gasteiger partial charge in [0.1, 0.15) is 17.6 Å². The van der Waals surface area contributed by atoms with Crippen LogP contribution in [0.4, 0.5) is 0 Å². The molecule has 170 valence electrons. The van der Waals surface area contributed by atoms with Gasteiger partial charge in [0.2, 0.25) is 5.89 Å². The van der Waals surface area contributed by atoms with E-state index in [1.165, 1.54) is 0 Å². The normalized spacial score (nSPS) is 14.2. The molecular formula is C27H33NO4. The van der Waals surface area contributed by atoms with E-state index in [9.17, 15) is 15.0 Å². The van der Waals surface area contributed by atoms with Gasteiger partial charge in [-0.2, -0.15) is 0 Å². The average molecular weight is 436 g/mol. The van der Waals surface area contributed by atoms with Gasteiger partial charge in [0, 0.05) is 16.7 Å². The van der Waals surface area contributed by atoms with Gasteiger partial charge in [0.25, 0.3) is 0 Å². The second-order valence-electron chi connectivity index (χ2n) is 10.5. The Hall–Kier alpha value is -2.92. The van der Waals surface area contributed by atoms with E-state index in [0.29, 0.717) is 35.6 Å². The van der Waals surface area contributed by atoms with Crippen molar-refractivity contribution < 1.29 is 19.4 Å². The summed E-state index contributed by atoms with van der Waals surface area (Å²) in [6.07, 6.45) is 2.72. The molecule has 2 N–H and O–H groups in total. The van der Waals surface area contributed by atoms with Gasteiger partial charge < -0.3 is 14.6 Å². The lowest BCUT2D eigenvalue weighted by Crippen LogP contribution is -2.28. The van der Waals surface area contributed by atoms with Crippen LogP contribution in [0, 0.1) is 0 Å². The fraction of sp³-hybridized carbons (Fsp3) is 0.407. The maximum atomic E-state index is 11.7. The van der Waals surface area contributed by atoms with Gasteiger partial charge in [-0.1, -0.05) is 71.9 Å². The number of aryl methyl sites for hydroxylation is 1. The monoisotopic (exact) mass is 435 g/mol. The first-order valence-electron chi connectivity index (χ1n) is 10.9. The molecule has 0 saturated carbocycles. The number of hydrogen-bond donors (Lipinski definition) is 2. The van der Waals surface area contributed by atoms with Gasteiger partial charge in [-0.25, -0.2) is 4.98 Å². The molecule has 2 aromatic carbocycles. The number of nitrogens with zero attached hydrogens (tertiary/aromatic N) is 1. The van der Waals surface area contributed by atoms with Gasteiger partial charge in [-0.05, 0) is 41.4 Å². The van der Waals surface area contributed by atoms with Gasteiger partial charge in [-0.15, -0.1) is 0 Å². The number of aliphatic hydroxyl groups is 1. The predicted octanol–water partition coefficient (Wildman–Crippen LogP) is 5.66. The minimum atomic E-state index is -1.57. The van der Waals surface area contributed by atoms with Crippen LogP contribution in [-0.4, -0.2) is 21.5 Å². The molecule has 0 aliphatic carbocycles. The summed E-state index contributed by atoms with van der Waals surface area (Å²) in [5.41, 5.74) is 1.58. The molecular weight excluding hydrogens is 402 g/mol.